The smallest absolute Gasteiger partial charge is 0.126 e. The summed E-state index contributed by atoms with van der Waals surface area (Å²) in [6, 6.07) is 6.98. The fraction of sp³-hybridized carbons (Fsp3) is 0.500. The summed E-state index contributed by atoms with van der Waals surface area (Å²) < 4.78 is 12.9. The maximum absolute atomic E-state index is 12.9. The number of benzene rings is 1. The molecule has 0 radical (unpaired) electrons. The van der Waals surface area contributed by atoms with Crippen molar-refractivity contribution in [3.63, 3.8) is 0 Å². The first-order chi connectivity index (χ1) is 6.34. The van der Waals surface area contributed by atoms with Crippen molar-refractivity contribution in [3.8, 4) is 0 Å². The fourth-order valence-corrected chi connectivity index (χ4v) is 1.07. The van der Waals surface area contributed by atoms with Gasteiger partial charge in [-0.15, -0.1) is 0 Å². The number of aryl methyl sites for hydroxylation is 1. The second-order valence-corrected chi connectivity index (χ2v) is 2.69. The number of halogens is 1. The van der Waals surface area contributed by atoms with Crippen molar-refractivity contribution in [3.05, 3.63) is 35.6 Å². The summed E-state index contributed by atoms with van der Waals surface area (Å²) in [6.07, 6.45) is 3.05. The van der Waals surface area contributed by atoms with E-state index < -0.39 is 0 Å². The molecule has 0 aliphatic heterocycles. The van der Waals surface area contributed by atoms with Crippen LogP contribution in [0.3, 0.4) is 0 Å². The zero-order valence-electron chi connectivity index (χ0n) is 8.81. The van der Waals surface area contributed by atoms with Gasteiger partial charge in [0, 0.05) is 0 Å². The molecule has 0 saturated heterocycles. The van der Waals surface area contributed by atoms with E-state index in [0.717, 1.165) is 24.8 Å². The predicted molar refractivity (Wildman–Crippen MR) is 56.4 cm³/mol. The molecular weight excluding hydrogens is 163 g/mol. The van der Waals surface area contributed by atoms with Crippen molar-refractivity contribution in [1.82, 2.24) is 0 Å². The molecule has 0 amide bonds. The van der Waals surface area contributed by atoms with Gasteiger partial charge in [-0.3, -0.25) is 0 Å². The molecule has 0 nitrogen and oxygen atoms in total. The van der Waals surface area contributed by atoms with Crippen LogP contribution in [0, 0.1) is 5.82 Å². The third kappa shape index (κ3) is 4.66. The molecule has 0 N–H and O–H groups in total. The summed E-state index contributed by atoms with van der Waals surface area (Å²) in [5, 5.41) is 0. The molecular formula is C12H19F. The lowest BCUT2D eigenvalue weighted by Gasteiger charge is -1.99. The lowest BCUT2D eigenvalue weighted by Crippen LogP contribution is -1.88. The van der Waals surface area contributed by atoms with Crippen molar-refractivity contribution in [2.24, 2.45) is 0 Å². The second kappa shape index (κ2) is 7.78. The van der Waals surface area contributed by atoms with E-state index >= 15 is 0 Å². The number of rotatable bonds is 3. The molecule has 13 heavy (non-hydrogen) atoms. The Morgan fingerprint density at radius 2 is 1.77 bits per heavy atom. The van der Waals surface area contributed by atoms with Crippen molar-refractivity contribution >= 4 is 0 Å². The topological polar surface area (TPSA) is 0 Å². The van der Waals surface area contributed by atoms with Gasteiger partial charge in [-0.2, -0.15) is 0 Å². The molecule has 1 aromatic carbocycles. The van der Waals surface area contributed by atoms with Gasteiger partial charge in [0.05, 0.1) is 0 Å². The first-order valence-corrected chi connectivity index (χ1v) is 5.08. The Kier molecular flexibility index (Phi) is 7.27. The molecule has 0 spiro atoms. The van der Waals surface area contributed by atoms with E-state index in [9.17, 15) is 4.39 Å². The van der Waals surface area contributed by atoms with Crippen molar-refractivity contribution in [2.45, 2.75) is 40.0 Å². The molecule has 0 fully saturated rings. The summed E-state index contributed by atoms with van der Waals surface area (Å²) in [6.45, 7) is 6.11. The Morgan fingerprint density at radius 1 is 1.15 bits per heavy atom. The highest BCUT2D eigenvalue weighted by Gasteiger charge is 1.97. The minimum absolute atomic E-state index is 0.0686. The third-order valence-electron chi connectivity index (χ3n) is 1.76. The number of unbranched alkanes of at least 4 members (excludes halogenated alkanes) is 1. The Morgan fingerprint density at radius 3 is 2.31 bits per heavy atom. The maximum Gasteiger partial charge on any atom is 0.126 e. The predicted octanol–water partition coefficient (Wildman–Crippen LogP) is 4.19. The molecule has 0 saturated carbocycles. The molecule has 74 valence electrons. The van der Waals surface area contributed by atoms with E-state index in [4.69, 9.17) is 0 Å². The minimum atomic E-state index is -0.0686. The van der Waals surface area contributed by atoms with Crippen molar-refractivity contribution in [2.75, 3.05) is 0 Å². The van der Waals surface area contributed by atoms with Gasteiger partial charge in [0.25, 0.3) is 0 Å². The summed E-state index contributed by atoms with van der Waals surface area (Å²) in [5.74, 6) is -0.0686. The van der Waals surface area contributed by atoms with Crippen LogP contribution in [0.4, 0.5) is 4.39 Å². The first-order valence-electron chi connectivity index (χ1n) is 5.08. The SMILES string of the molecule is CC.CCCCc1ccccc1F. The lowest BCUT2D eigenvalue weighted by atomic mass is 10.1. The molecule has 1 aromatic rings. The zero-order valence-corrected chi connectivity index (χ0v) is 8.81. The fourth-order valence-electron chi connectivity index (χ4n) is 1.07. The van der Waals surface area contributed by atoms with E-state index in [1.165, 1.54) is 6.07 Å². The monoisotopic (exact) mass is 182 g/mol. The zero-order chi connectivity index (χ0) is 10.1. The van der Waals surface area contributed by atoms with E-state index in [1.807, 2.05) is 26.0 Å². The van der Waals surface area contributed by atoms with Crippen LogP contribution in [0.15, 0.2) is 24.3 Å². The largest absolute Gasteiger partial charge is 0.207 e. The number of hydrogen-bond acceptors (Lipinski definition) is 0. The van der Waals surface area contributed by atoms with Crippen LogP contribution in [-0.4, -0.2) is 0 Å². The van der Waals surface area contributed by atoms with E-state index in [0.29, 0.717) is 0 Å². The molecule has 0 aliphatic carbocycles. The highest BCUT2D eigenvalue weighted by molar-refractivity contribution is 5.17. The first kappa shape index (κ1) is 12.2. The molecule has 0 bridgehead atoms. The van der Waals surface area contributed by atoms with Crippen LogP contribution in [0.1, 0.15) is 39.2 Å². The highest BCUT2D eigenvalue weighted by atomic mass is 19.1. The Bertz CT molecular complexity index is 218. The van der Waals surface area contributed by atoms with Gasteiger partial charge >= 0.3 is 0 Å². The highest BCUT2D eigenvalue weighted by Crippen LogP contribution is 2.09. The van der Waals surface area contributed by atoms with Crippen LogP contribution in [0.2, 0.25) is 0 Å². The summed E-state index contributed by atoms with van der Waals surface area (Å²) in [5.41, 5.74) is 0.842. The standard InChI is InChI=1S/C10H13F.C2H6/c1-2-3-6-9-7-4-5-8-10(9)11;1-2/h4-5,7-8H,2-3,6H2,1H3;1-2H3. The molecule has 0 atom stereocenters. The number of hydrogen-bond donors (Lipinski definition) is 0. The van der Waals surface area contributed by atoms with Gasteiger partial charge in [0.1, 0.15) is 5.82 Å². The van der Waals surface area contributed by atoms with Crippen LogP contribution in [0.25, 0.3) is 0 Å². The van der Waals surface area contributed by atoms with E-state index in [2.05, 4.69) is 6.92 Å². The van der Waals surface area contributed by atoms with Crippen LogP contribution in [0.5, 0.6) is 0 Å². The molecule has 0 unspecified atom stereocenters. The van der Waals surface area contributed by atoms with Gasteiger partial charge in [0.2, 0.25) is 0 Å². The molecule has 0 aromatic heterocycles. The van der Waals surface area contributed by atoms with Gasteiger partial charge < -0.3 is 0 Å². The van der Waals surface area contributed by atoms with E-state index in [-0.39, 0.29) is 5.82 Å². The normalized spacial score (nSPS) is 8.92. The van der Waals surface area contributed by atoms with Crippen LogP contribution >= 0.6 is 0 Å². The van der Waals surface area contributed by atoms with Crippen LogP contribution in [-0.2, 0) is 6.42 Å². The third-order valence-corrected chi connectivity index (χ3v) is 1.76. The summed E-state index contributed by atoms with van der Waals surface area (Å²) >= 11 is 0. The average Bonchev–Trinajstić information content (AvgIpc) is 2.20. The molecule has 0 heterocycles. The van der Waals surface area contributed by atoms with Gasteiger partial charge in [0.15, 0.2) is 0 Å². The van der Waals surface area contributed by atoms with Crippen molar-refractivity contribution in [1.29, 1.82) is 0 Å². The van der Waals surface area contributed by atoms with Gasteiger partial charge in [-0.25, -0.2) is 4.39 Å². The Hall–Kier alpha value is -0.850. The second-order valence-electron chi connectivity index (χ2n) is 2.69. The Balaban J connectivity index is 0.000000671. The van der Waals surface area contributed by atoms with Crippen molar-refractivity contribution < 1.29 is 4.39 Å². The average molecular weight is 182 g/mol. The summed E-state index contributed by atoms with van der Waals surface area (Å²) in [7, 11) is 0. The van der Waals surface area contributed by atoms with E-state index in [1.54, 1.807) is 6.07 Å². The quantitative estimate of drug-likeness (QED) is 0.657. The molecule has 1 rings (SSSR count). The Labute approximate surface area is 80.8 Å². The molecule has 1 heteroatoms. The van der Waals surface area contributed by atoms with Gasteiger partial charge in [-0.05, 0) is 24.5 Å². The lowest BCUT2D eigenvalue weighted by molar-refractivity contribution is 0.603. The summed E-state index contributed by atoms with van der Waals surface area (Å²) in [4.78, 5) is 0. The minimum Gasteiger partial charge on any atom is -0.207 e. The van der Waals surface area contributed by atoms with Crippen LogP contribution < -0.4 is 0 Å². The van der Waals surface area contributed by atoms with Gasteiger partial charge in [-0.1, -0.05) is 45.4 Å². The maximum atomic E-state index is 12.9. The molecule has 0 aliphatic rings.